The number of ether oxygens (including phenoxy) is 1. The van der Waals surface area contributed by atoms with E-state index < -0.39 is 0 Å². The smallest absolute Gasteiger partial charge is 0.286 e. The minimum Gasteiger partial charge on any atom is -0.484 e. The van der Waals surface area contributed by atoms with Gasteiger partial charge in [-0.1, -0.05) is 40.6 Å². The van der Waals surface area contributed by atoms with Gasteiger partial charge >= 0.3 is 0 Å². The van der Waals surface area contributed by atoms with Crippen molar-refractivity contribution < 1.29 is 14.3 Å². The molecule has 1 atom stereocenters. The molecule has 0 bridgehead atoms. The SMILES string of the molecule is O=C(Nc1cccc(Cl)c1)c1nnc([C@H]2CCCN(C(=O)COc3ccc(Cl)cc3)C2)s1. The lowest BCUT2D eigenvalue weighted by atomic mass is 9.99. The molecule has 0 spiro atoms. The van der Waals surface area contributed by atoms with Gasteiger partial charge in [0.1, 0.15) is 10.8 Å². The highest BCUT2D eigenvalue weighted by Crippen LogP contribution is 2.29. The Balaban J connectivity index is 1.34. The highest BCUT2D eigenvalue weighted by molar-refractivity contribution is 7.13. The first-order valence-electron chi connectivity index (χ1n) is 10.0. The Morgan fingerprint density at radius 2 is 1.94 bits per heavy atom. The zero-order valence-corrected chi connectivity index (χ0v) is 19.3. The molecule has 0 aliphatic carbocycles. The van der Waals surface area contributed by atoms with Crippen LogP contribution in [-0.2, 0) is 4.79 Å². The molecule has 3 aromatic rings. The molecule has 1 aliphatic rings. The quantitative estimate of drug-likeness (QED) is 0.531. The summed E-state index contributed by atoms with van der Waals surface area (Å²) in [5.74, 6) is 0.202. The van der Waals surface area contributed by atoms with Gasteiger partial charge in [0.25, 0.3) is 11.8 Å². The minimum atomic E-state index is -0.337. The van der Waals surface area contributed by atoms with E-state index >= 15 is 0 Å². The summed E-state index contributed by atoms with van der Waals surface area (Å²) in [4.78, 5) is 26.9. The second kappa shape index (κ2) is 10.3. The first kappa shape index (κ1) is 22.5. The number of aromatic nitrogens is 2. The monoisotopic (exact) mass is 490 g/mol. The lowest BCUT2D eigenvalue weighted by molar-refractivity contribution is -0.134. The minimum absolute atomic E-state index is 0.0356. The molecule has 1 aliphatic heterocycles. The molecule has 2 aromatic carbocycles. The van der Waals surface area contributed by atoms with Gasteiger partial charge in [0.15, 0.2) is 6.61 Å². The standard InChI is InChI=1S/C22H20Cl2N4O3S/c23-15-6-8-18(9-7-15)31-13-19(29)28-10-2-3-14(12-28)21-26-27-22(32-21)20(30)25-17-5-1-4-16(24)11-17/h1,4-9,11,14H,2-3,10,12-13H2,(H,25,30)/t14-/m0/s1. The van der Waals surface area contributed by atoms with Gasteiger partial charge in [-0.2, -0.15) is 0 Å². The molecule has 10 heteroatoms. The maximum Gasteiger partial charge on any atom is 0.286 e. The van der Waals surface area contributed by atoms with Gasteiger partial charge in [-0.15, -0.1) is 10.2 Å². The van der Waals surface area contributed by atoms with E-state index in [9.17, 15) is 9.59 Å². The van der Waals surface area contributed by atoms with Crippen molar-refractivity contribution in [2.45, 2.75) is 18.8 Å². The first-order chi connectivity index (χ1) is 15.5. The lowest BCUT2D eigenvalue weighted by Gasteiger charge is -2.31. The third-order valence-corrected chi connectivity index (χ3v) is 6.59. The number of hydrogen-bond donors (Lipinski definition) is 1. The summed E-state index contributed by atoms with van der Waals surface area (Å²) in [5.41, 5.74) is 0.592. The average molecular weight is 491 g/mol. The van der Waals surface area contributed by atoms with Crippen LogP contribution in [0.25, 0.3) is 0 Å². The van der Waals surface area contributed by atoms with Crippen molar-refractivity contribution in [3.05, 3.63) is 68.6 Å². The van der Waals surface area contributed by atoms with Crippen LogP contribution in [0.1, 0.15) is 33.6 Å². The fourth-order valence-corrected chi connectivity index (χ4v) is 4.59. The van der Waals surface area contributed by atoms with E-state index in [1.165, 1.54) is 11.3 Å². The molecular formula is C22H20Cl2N4O3S. The van der Waals surface area contributed by atoms with E-state index in [0.29, 0.717) is 34.6 Å². The third-order valence-electron chi connectivity index (χ3n) is 5.02. The van der Waals surface area contributed by atoms with Gasteiger partial charge in [0, 0.05) is 34.7 Å². The van der Waals surface area contributed by atoms with Crippen LogP contribution in [0.15, 0.2) is 48.5 Å². The van der Waals surface area contributed by atoms with Crippen LogP contribution >= 0.6 is 34.5 Å². The molecule has 7 nitrogen and oxygen atoms in total. The van der Waals surface area contributed by atoms with Gasteiger partial charge in [0.05, 0.1) is 0 Å². The van der Waals surface area contributed by atoms with E-state index in [-0.39, 0.29) is 29.3 Å². The van der Waals surface area contributed by atoms with Crippen molar-refractivity contribution in [3.8, 4) is 5.75 Å². The van der Waals surface area contributed by atoms with Crippen molar-refractivity contribution in [3.63, 3.8) is 0 Å². The van der Waals surface area contributed by atoms with E-state index in [4.69, 9.17) is 27.9 Å². The second-order valence-electron chi connectivity index (χ2n) is 7.33. The van der Waals surface area contributed by atoms with Gasteiger partial charge in [0.2, 0.25) is 5.01 Å². The van der Waals surface area contributed by atoms with Gasteiger partial charge < -0.3 is 15.0 Å². The van der Waals surface area contributed by atoms with Crippen LogP contribution < -0.4 is 10.1 Å². The molecule has 1 aromatic heterocycles. The molecule has 1 N–H and O–H groups in total. The third kappa shape index (κ3) is 5.76. The molecule has 1 saturated heterocycles. The molecule has 2 heterocycles. The molecule has 0 saturated carbocycles. The van der Waals surface area contributed by atoms with E-state index in [1.807, 2.05) is 0 Å². The van der Waals surface area contributed by atoms with Crippen molar-refractivity contribution >= 4 is 52.0 Å². The largest absolute Gasteiger partial charge is 0.484 e. The highest BCUT2D eigenvalue weighted by atomic mass is 35.5. The van der Waals surface area contributed by atoms with Crippen molar-refractivity contribution in [2.75, 3.05) is 25.0 Å². The maximum atomic E-state index is 12.6. The van der Waals surface area contributed by atoms with Crippen LogP contribution in [0.5, 0.6) is 5.75 Å². The number of piperidine rings is 1. The van der Waals surface area contributed by atoms with Crippen molar-refractivity contribution in [1.29, 1.82) is 0 Å². The molecule has 32 heavy (non-hydrogen) atoms. The summed E-state index contributed by atoms with van der Waals surface area (Å²) in [6.45, 7) is 1.14. The Morgan fingerprint density at radius 3 is 2.72 bits per heavy atom. The molecule has 0 unspecified atom stereocenters. The number of halogens is 2. The zero-order valence-electron chi connectivity index (χ0n) is 17.0. The Kier molecular flexibility index (Phi) is 7.24. The topological polar surface area (TPSA) is 84.4 Å². The number of benzene rings is 2. The van der Waals surface area contributed by atoms with Crippen molar-refractivity contribution in [1.82, 2.24) is 15.1 Å². The molecule has 4 rings (SSSR count). The number of nitrogens with zero attached hydrogens (tertiary/aromatic N) is 3. The summed E-state index contributed by atoms with van der Waals surface area (Å²) in [6.07, 6.45) is 1.73. The second-order valence-corrected chi connectivity index (χ2v) is 9.21. The van der Waals surface area contributed by atoms with Crippen LogP contribution in [0.4, 0.5) is 5.69 Å². The van der Waals surface area contributed by atoms with E-state index in [0.717, 1.165) is 17.8 Å². The Bertz CT molecular complexity index is 1110. The van der Waals surface area contributed by atoms with Crippen LogP contribution in [0.2, 0.25) is 10.0 Å². The summed E-state index contributed by atoms with van der Waals surface area (Å²) < 4.78 is 5.58. The van der Waals surface area contributed by atoms with E-state index in [1.54, 1.807) is 53.4 Å². The number of carbonyl (C=O) groups excluding carboxylic acids is 2. The summed E-state index contributed by atoms with van der Waals surface area (Å²) >= 11 is 13.1. The average Bonchev–Trinajstić information content (AvgIpc) is 3.29. The number of carbonyl (C=O) groups is 2. The molecule has 2 amide bonds. The lowest BCUT2D eigenvalue weighted by Crippen LogP contribution is -2.41. The Hall–Kier alpha value is -2.68. The van der Waals surface area contributed by atoms with Crippen molar-refractivity contribution in [2.24, 2.45) is 0 Å². The van der Waals surface area contributed by atoms with Gasteiger partial charge in [-0.25, -0.2) is 0 Å². The van der Waals surface area contributed by atoms with Gasteiger partial charge in [-0.3, -0.25) is 9.59 Å². The number of hydrogen-bond acceptors (Lipinski definition) is 6. The predicted molar refractivity (Wildman–Crippen MR) is 125 cm³/mol. The molecule has 0 radical (unpaired) electrons. The summed E-state index contributed by atoms with van der Waals surface area (Å²) in [7, 11) is 0. The zero-order chi connectivity index (χ0) is 22.5. The molecule has 166 valence electrons. The summed E-state index contributed by atoms with van der Waals surface area (Å²) in [5, 5.41) is 13.2. The fraction of sp³-hybridized carbons (Fsp3) is 0.273. The van der Waals surface area contributed by atoms with Crippen LogP contribution in [-0.4, -0.2) is 46.6 Å². The van der Waals surface area contributed by atoms with E-state index in [2.05, 4.69) is 15.5 Å². The molecule has 1 fully saturated rings. The number of likely N-dealkylation sites (tertiary alicyclic amines) is 1. The van der Waals surface area contributed by atoms with Crippen LogP contribution in [0, 0.1) is 0 Å². The fourth-order valence-electron chi connectivity index (χ4n) is 3.41. The van der Waals surface area contributed by atoms with Gasteiger partial charge in [-0.05, 0) is 55.3 Å². The number of amides is 2. The number of rotatable bonds is 6. The number of nitrogens with one attached hydrogen (secondary N) is 1. The first-order valence-corrected chi connectivity index (χ1v) is 11.6. The summed E-state index contributed by atoms with van der Waals surface area (Å²) in [6, 6.07) is 13.8. The van der Waals surface area contributed by atoms with Crippen LogP contribution in [0.3, 0.4) is 0 Å². The predicted octanol–water partition coefficient (Wildman–Crippen LogP) is 4.88. The maximum absolute atomic E-state index is 12.6. The molecular weight excluding hydrogens is 471 g/mol. The normalized spacial score (nSPS) is 15.9. The number of anilines is 1. The highest BCUT2D eigenvalue weighted by Gasteiger charge is 2.28. The Labute approximate surface area is 199 Å². The Morgan fingerprint density at radius 1 is 1.12 bits per heavy atom.